The fourth-order valence-electron chi connectivity index (χ4n) is 3.02. The number of nitro benzene ring substituents is 1. The molecule has 0 aliphatic carbocycles. The van der Waals surface area contributed by atoms with Crippen molar-refractivity contribution < 1.29 is 14.5 Å². The van der Waals surface area contributed by atoms with Crippen LogP contribution in [-0.2, 0) is 11.3 Å². The second kappa shape index (κ2) is 8.64. The van der Waals surface area contributed by atoms with E-state index in [1.165, 1.54) is 12.1 Å². The highest BCUT2D eigenvalue weighted by atomic mass is 16.6. The van der Waals surface area contributed by atoms with Gasteiger partial charge >= 0.3 is 0 Å². The maximum absolute atomic E-state index is 12.5. The molecule has 0 aliphatic rings. The summed E-state index contributed by atoms with van der Waals surface area (Å²) in [5.41, 5.74) is 3.54. The molecule has 1 unspecified atom stereocenters. The van der Waals surface area contributed by atoms with Gasteiger partial charge in [-0.3, -0.25) is 19.8 Å². The number of nitrogens with zero attached hydrogens (tertiary/aromatic N) is 2. The number of aryl methyl sites for hydroxylation is 2. The lowest BCUT2D eigenvalue weighted by Crippen LogP contribution is -2.39. The highest BCUT2D eigenvalue weighted by Gasteiger charge is 2.19. The average Bonchev–Trinajstić information content (AvgIpc) is 2.60. The first-order valence-electron chi connectivity index (χ1n) is 8.62. The van der Waals surface area contributed by atoms with E-state index in [1.54, 1.807) is 26.2 Å². The van der Waals surface area contributed by atoms with E-state index in [9.17, 15) is 14.9 Å². The molecular weight excluding hydrogens is 346 g/mol. The Kier molecular flexibility index (Phi) is 6.52. The third-order valence-corrected chi connectivity index (χ3v) is 4.52. The van der Waals surface area contributed by atoms with Crippen LogP contribution in [0.3, 0.4) is 0 Å². The van der Waals surface area contributed by atoms with Crippen molar-refractivity contribution in [3.63, 3.8) is 0 Å². The number of rotatable bonds is 7. The van der Waals surface area contributed by atoms with Crippen LogP contribution in [-0.4, -0.2) is 35.9 Å². The van der Waals surface area contributed by atoms with Gasteiger partial charge in [0.05, 0.1) is 18.1 Å². The van der Waals surface area contributed by atoms with E-state index in [2.05, 4.69) is 5.32 Å². The number of carbonyl (C=O) groups is 1. The number of nitro groups is 1. The molecule has 0 fully saturated rings. The van der Waals surface area contributed by atoms with Crippen LogP contribution in [0.1, 0.15) is 23.6 Å². The molecule has 0 radical (unpaired) electrons. The first kappa shape index (κ1) is 20.4. The highest BCUT2D eigenvalue weighted by molar-refractivity contribution is 5.94. The maximum Gasteiger partial charge on any atom is 0.271 e. The quantitative estimate of drug-likeness (QED) is 0.593. The topological polar surface area (TPSA) is 84.7 Å². The number of nitrogens with one attached hydrogen (secondary N) is 1. The Labute approximate surface area is 159 Å². The van der Waals surface area contributed by atoms with Crippen LogP contribution in [0.4, 0.5) is 11.4 Å². The molecule has 2 aromatic carbocycles. The van der Waals surface area contributed by atoms with Gasteiger partial charge in [0.25, 0.3) is 5.69 Å². The van der Waals surface area contributed by atoms with Gasteiger partial charge in [-0.2, -0.15) is 0 Å². The Morgan fingerprint density at radius 2 is 1.89 bits per heavy atom. The molecule has 7 heteroatoms. The molecule has 0 saturated carbocycles. The van der Waals surface area contributed by atoms with Crippen molar-refractivity contribution >= 4 is 17.3 Å². The summed E-state index contributed by atoms with van der Waals surface area (Å²) in [7, 11) is 3.52. The van der Waals surface area contributed by atoms with Gasteiger partial charge in [-0.1, -0.05) is 18.2 Å². The standard InChI is InChI=1S/C20H25N3O4/c1-13-9-16(10-14(2)19(13)27-5)12-22(4)15(3)20(24)21-17-7-6-8-18(11-17)23(25)26/h6-11,15H,12H2,1-5H3,(H,21,24). The number of ether oxygens (including phenoxy) is 1. The molecule has 144 valence electrons. The van der Waals surface area contributed by atoms with E-state index in [-0.39, 0.29) is 11.6 Å². The zero-order valence-corrected chi connectivity index (χ0v) is 16.3. The van der Waals surface area contributed by atoms with Gasteiger partial charge in [-0.05, 0) is 50.6 Å². The summed E-state index contributed by atoms with van der Waals surface area (Å²) >= 11 is 0. The van der Waals surface area contributed by atoms with Gasteiger partial charge in [0.15, 0.2) is 0 Å². The van der Waals surface area contributed by atoms with E-state index in [0.717, 1.165) is 22.4 Å². The Hall–Kier alpha value is -2.93. The third-order valence-electron chi connectivity index (χ3n) is 4.52. The fourth-order valence-corrected chi connectivity index (χ4v) is 3.02. The number of likely N-dealkylation sites (N-methyl/N-ethyl adjacent to an activating group) is 1. The molecular formula is C20H25N3O4. The van der Waals surface area contributed by atoms with Crippen LogP contribution in [0.15, 0.2) is 36.4 Å². The van der Waals surface area contributed by atoms with Crippen molar-refractivity contribution in [2.45, 2.75) is 33.4 Å². The minimum atomic E-state index is -0.487. The Bertz CT molecular complexity index is 828. The van der Waals surface area contributed by atoms with Gasteiger partial charge in [-0.25, -0.2) is 0 Å². The molecule has 2 aromatic rings. The predicted octanol–water partition coefficient (Wildman–Crippen LogP) is 3.68. The molecule has 27 heavy (non-hydrogen) atoms. The SMILES string of the molecule is COc1c(C)cc(CN(C)C(C)C(=O)Nc2cccc([N+](=O)[O-])c2)cc1C. The molecule has 0 aliphatic heterocycles. The lowest BCUT2D eigenvalue weighted by atomic mass is 10.0. The second-order valence-corrected chi connectivity index (χ2v) is 6.65. The Balaban J connectivity index is 2.06. The number of hydrogen-bond acceptors (Lipinski definition) is 5. The van der Waals surface area contributed by atoms with Crippen LogP contribution in [0, 0.1) is 24.0 Å². The summed E-state index contributed by atoms with van der Waals surface area (Å²) < 4.78 is 5.39. The van der Waals surface area contributed by atoms with E-state index in [4.69, 9.17) is 4.74 Å². The van der Waals surface area contributed by atoms with Crippen molar-refractivity contribution in [1.29, 1.82) is 0 Å². The number of carbonyl (C=O) groups excluding carboxylic acids is 1. The van der Waals surface area contributed by atoms with Crippen LogP contribution in [0.2, 0.25) is 0 Å². The summed E-state index contributed by atoms with van der Waals surface area (Å²) in [5.74, 6) is 0.651. The molecule has 0 spiro atoms. The number of benzene rings is 2. The van der Waals surface area contributed by atoms with E-state index >= 15 is 0 Å². The van der Waals surface area contributed by atoms with Gasteiger partial charge < -0.3 is 10.1 Å². The first-order chi connectivity index (χ1) is 12.7. The summed E-state index contributed by atoms with van der Waals surface area (Å²) in [4.78, 5) is 24.8. The molecule has 0 heterocycles. The largest absolute Gasteiger partial charge is 0.496 e. The number of non-ortho nitro benzene ring substituents is 1. The lowest BCUT2D eigenvalue weighted by Gasteiger charge is -2.24. The van der Waals surface area contributed by atoms with Crippen LogP contribution >= 0.6 is 0 Å². The van der Waals surface area contributed by atoms with Gasteiger partial charge in [0, 0.05) is 24.4 Å². The molecule has 0 aromatic heterocycles. The average molecular weight is 371 g/mol. The zero-order valence-electron chi connectivity index (χ0n) is 16.3. The normalized spacial score (nSPS) is 11.9. The second-order valence-electron chi connectivity index (χ2n) is 6.65. The van der Waals surface area contributed by atoms with Crippen LogP contribution in [0.25, 0.3) is 0 Å². The van der Waals surface area contributed by atoms with Crippen molar-refractivity contribution in [2.24, 2.45) is 0 Å². The molecule has 1 N–H and O–H groups in total. The predicted molar refractivity (Wildman–Crippen MR) is 105 cm³/mol. The molecule has 7 nitrogen and oxygen atoms in total. The van der Waals surface area contributed by atoms with E-state index in [1.807, 2.05) is 37.9 Å². The summed E-state index contributed by atoms with van der Waals surface area (Å²) in [5, 5.41) is 13.6. The van der Waals surface area contributed by atoms with E-state index in [0.29, 0.717) is 12.2 Å². The number of amides is 1. The highest BCUT2D eigenvalue weighted by Crippen LogP contribution is 2.25. The zero-order chi connectivity index (χ0) is 20.1. The number of methoxy groups -OCH3 is 1. The van der Waals surface area contributed by atoms with Crippen molar-refractivity contribution in [3.05, 3.63) is 63.2 Å². The fraction of sp³-hybridized carbons (Fsp3) is 0.350. The Morgan fingerprint density at radius 1 is 1.26 bits per heavy atom. The van der Waals surface area contributed by atoms with Crippen molar-refractivity contribution in [3.8, 4) is 5.75 Å². The number of hydrogen-bond donors (Lipinski definition) is 1. The van der Waals surface area contributed by atoms with Gasteiger partial charge in [0.1, 0.15) is 5.75 Å². The third kappa shape index (κ3) is 5.04. The number of anilines is 1. The molecule has 1 atom stereocenters. The first-order valence-corrected chi connectivity index (χ1v) is 8.62. The monoisotopic (exact) mass is 371 g/mol. The van der Waals surface area contributed by atoms with E-state index < -0.39 is 11.0 Å². The summed E-state index contributed by atoms with van der Waals surface area (Å²) in [6.45, 7) is 6.38. The minimum absolute atomic E-state index is 0.0574. The van der Waals surface area contributed by atoms with Gasteiger partial charge in [-0.15, -0.1) is 0 Å². The smallest absolute Gasteiger partial charge is 0.271 e. The maximum atomic E-state index is 12.5. The molecule has 2 rings (SSSR count). The summed E-state index contributed by atoms with van der Waals surface area (Å²) in [6.07, 6.45) is 0. The van der Waals surface area contributed by atoms with Crippen molar-refractivity contribution in [2.75, 3.05) is 19.5 Å². The van der Waals surface area contributed by atoms with Crippen LogP contribution in [0.5, 0.6) is 5.75 Å². The van der Waals surface area contributed by atoms with Crippen molar-refractivity contribution in [1.82, 2.24) is 4.90 Å². The molecule has 0 saturated heterocycles. The van der Waals surface area contributed by atoms with Gasteiger partial charge in [0.2, 0.25) is 5.91 Å². The molecule has 1 amide bonds. The summed E-state index contributed by atoms with van der Waals surface area (Å²) in [6, 6.07) is 9.60. The molecule has 0 bridgehead atoms. The van der Waals surface area contributed by atoms with Crippen LogP contribution < -0.4 is 10.1 Å². The lowest BCUT2D eigenvalue weighted by molar-refractivity contribution is -0.384. The minimum Gasteiger partial charge on any atom is -0.496 e. The Morgan fingerprint density at radius 3 is 2.44 bits per heavy atom.